The molecule has 0 aliphatic heterocycles. The van der Waals surface area contributed by atoms with Gasteiger partial charge in [-0.3, -0.25) is 0 Å². The summed E-state index contributed by atoms with van der Waals surface area (Å²) >= 11 is 0. The summed E-state index contributed by atoms with van der Waals surface area (Å²) in [6.07, 6.45) is 2.69. The van der Waals surface area contributed by atoms with Crippen LogP contribution in [0.1, 0.15) is 11.1 Å². The molecule has 0 amide bonds. The first-order valence-corrected chi connectivity index (χ1v) is 11.3. The van der Waals surface area contributed by atoms with Crippen LogP contribution in [0.15, 0.2) is 36.4 Å². The zero-order chi connectivity index (χ0) is 29.1. The van der Waals surface area contributed by atoms with E-state index in [1.165, 1.54) is 0 Å². The van der Waals surface area contributed by atoms with Gasteiger partial charge in [0.15, 0.2) is 23.0 Å². The molecule has 6 N–H and O–H groups in total. The van der Waals surface area contributed by atoms with E-state index < -0.39 is 11.9 Å². The number of rotatable bonds is 12. The number of methoxy groups -OCH3 is 6. The van der Waals surface area contributed by atoms with Crippen molar-refractivity contribution in [2.45, 2.75) is 12.8 Å². The first-order chi connectivity index (χ1) is 18.1. The molecule has 2 rings (SSSR count). The van der Waals surface area contributed by atoms with E-state index in [9.17, 15) is 9.59 Å². The van der Waals surface area contributed by atoms with Gasteiger partial charge in [-0.1, -0.05) is 0 Å². The van der Waals surface area contributed by atoms with Crippen molar-refractivity contribution >= 4 is 11.9 Å². The van der Waals surface area contributed by atoms with Crippen molar-refractivity contribution in [3.05, 3.63) is 47.5 Å². The Morgan fingerprint density at radius 3 is 1.03 bits per heavy atom. The third kappa shape index (κ3) is 11.7. The molecule has 0 atom stereocenters. The molecule has 38 heavy (non-hydrogen) atoms. The molecule has 212 valence electrons. The molecule has 0 aliphatic carbocycles. The SMILES string of the molecule is COc1cc(CCN)cc(OC)c1OC.COc1cc(CCN)cc(OC)c1OC.O=C(O)/C=C/C(=O)O. The van der Waals surface area contributed by atoms with Crippen molar-refractivity contribution in [1.82, 2.24) is 0 Å². The van der Waals surface area contributed by atoms with Crippen molar-refractivity contribution in [2.75, 3.05) is 55.7 Å². The molecular formula is C26H38N2O10. The molecule has 12 heteroatoms. The molecule has 0 heterocycles. The van der Waals surface area contributed by atoms with E-state index in [-0.39, 0.29) is 0 Å². The summed E-state index contributed by atoms with van der Waals surface area (Å²) in [5.74, 6) is 1.38. The minimum absolute atomic E-state index is 0.558. The lowest BCUT2D eigenvalue weighted by atomic mass is 10.1. The highest BCUT2D eigenvalue weighted by atomic mass is 16.5. The number of hydrogen-bond acceptors (Lipinski definition) is 10. The summed E-state index contributed by atoms with van der Waals surface area (Å²) in [7, 11) is 9.58. The third-order valence-corrected chi connectivity index (χ3v) is 4.68. The summed E-state index contributed by atoms with van der Waals surface area (Å²) in [5.41, 5.74) is 13.2. The summed E-state index contributed by atoms with van der Waals surface area (Å²) < 4.78 is 31.3. The van der Waals surface area contributed by atoms with Gasteiger partial charge < -0.3 is 50.1 Å². The Balaban J connectivity index is 0.000000569. The van der Waals surface area contributed by atoms with Crippen LogP contribution in [0.5, 0.6) is 34.5 Å². The second kappa shape index (κ2) is 19.0. The number of hydrogen-bond donors (Lipinski definition) is 4. The number of ether oxygens (including phenoxy) is 6. The van der Waals surface area contributed by atoms with Gasteiger partial charge in [-0.05, 0) is 61.3 Å². The second-order valence-corrected chi connectivity index (χ2v) is 7.15. The van der Waals surface area contributed by atoms with E-state index in [4.69, 9.17) is 50.1 Å². The number of carbonyl (C=O) groups is 2. The minimum atomic E-state index is -1.26. The highest BCUT2D eigenvalue weighted by molar-refractivity contribution is 5.89. The van der Waals surface area contributed by atoms with Gasteiger partial charge in [0.05, 0.1) is 42.7 Å². The second-order valence-electron chi connectivity index (χ2n) is 7.15. The Hall–Kier alpha value is -4.16. The average Bonchev–Trinajstić information content (AvgIpc) is 2.91. The molecule has 0 fully saturated rings. The van der Waals surface area contributed by atoms with E-state index >= 15 is 0 Å². The Labute approximate surface area is 222 Å². The third-order valence-electron chi connectivity index (χ3n) is 4.68. The number of nitrogens with two attached hydrogens (primary N) is 2. The van der Waals surface area contributed by atoms with Gasteiger partial charge >= 0.3 is 11.9 Å². The van der Waals surface area contributed by atoms with Gasteiger partial charge in [0.2, 0.25) is 11.5 Å². The summed E-state index contributed by atoms with van der Waals surface area (Å²) in [6.45, 7) is 1.19. The molecule has 0 bridgehead atoms. The van der Waals surface area contributed by atoms with Gasteiger partial charge in [-0.2, -0.15) is 0 Å². The van der Waals surface area contributed by atoms with Crippen LogP contribution >= 0.6 is 0 Å². The van der Waals surface area contributed by atoms with Crippen molar-refractivity contribution in [3.8, 4) is 34.5 Å². The van der Waals surface area contributed by atoms with Gasteiger partial charge in [0.25, 0.3) is 0 Å². The van der Waals surface area contributed by atoms with Crippen LogP contribution in [0, 0.1) is 0 Å². The molecule has 0 spiro atoms. The van der Waals surface area contributed by atoms with Crippen LogP contribution in [-0.4, -0.2) is 77.9 Å². The Morgan fingerprint density at radius 1 is 0.605 bits per heavy atom. The van der Waals surface area contributed by atoms with E-state index in [0.29, 0.717) is 59.7 Å². The zero-order valence-electron chi connectivity index (χ0n) is 22.6. The molecular weight excluding hydrogens is 500 g/mol. The number of carboxylic acids is 2. The number of carboxylic acid groups (broad SMARTS) is 2. The minimum Gasteiger partial charge on any atom is -0.493 e. The Morgan fingerprint density at radius 2 is 0.868 bits per heavy atom. The van der Waals surface area contributed by atoms with E-state index in [0.717, 1.165) is 24.0 Å². The lowest BCUT2D eigenvalue weighted by molar-refractivity contribution is -0.134. The van der Waals surface area contributed by atoms with Crippen LogP contribution < -0.4 is 39.9 Å². The lowest BCUT2D eigenvalue weighted by Gasteiger charge is -2.13. The standard InChI is InChI=1S/2C11H17NO3.C4H4O4/c2*1-13-9-6-8(4-5-12)7-10(14-2)11(9)15-3;5-3(6)1-2-4(7)8/h2*6-7H,4-5,12H2,1-3H3;1-2H,(H,5,6)(H,7,8)/b;;2-1+. The molecule has 2 aromatic carbocycles. The molecule has 0 unspecified atom stereocenters. The predicted molar refractivity (Wildman–Crippen MR) is 142 cm³/mol. The van der Waals surface area contributed by atoms with Crippen LogP contribution in [0.25, 0.3) is 0 Å². The molecule has 12 nitrogen and oxygen atoms in total. The maximum Gasteiger partial charge on any atom is 0.328 e. The largest absolute Gasteiger partial charge is 0.493 e. The quantitative estimate of drug-likeness (QED) is 0.289. The highest BCUT2D eigenvalue weighted by Gasteiger charge is 2.13. The van der Waals surface area contributed by atoms with Gasteiger partial charge in [0, 0.05) is 12.2 Å². The summed E-state index contributed by atoms with van der Waals surface area (Å²) in [6, 6.07) is 7.64. The predicted octanol–water partition coefficient (Wildman–Crippen LogP) is 2.14. The van der Waals surface area contributed by atoms with E-state index in [1.807, 2.05) is 24.3 Å². The van der Waals surface area contributed by atoms with Gasteiger partial charge in [-0.15, -0.1) is 0 Å². The van der Waals surface area contributed by atoms with Crippen molar-refractivity contribution in [3.63, 3.8) is 0 Å². The first kappa shape index (κ1) is 33.8. The molecule has 0 aromatic heterocycles. The van der Waals surface area contributed by atoms with Crippen molar-refractivity contribution < 1.29 is 48.2 Å². The van der Waals surface area contributed by atoms with Crippen LogP contribution in [0.3, 0.4) is 0 Å². The lowest BCUT2D eigenvalue weighted by Crippen LogP contribution is -2.04. The Kier molecular flexibility index (Phi) is 16.9. The van der Waals surface area contributed by atoms with Gasteiger partial charge in [0.1, 0.15) is 0 Å². The number of benzene rings is 2. The zero-order valence-corrected chi connectivity index (χ0v) is 22.6. The molecule has 0 aliphatic rings. The fourth-order valence-corrected chi connectivity index (χ4v) is 3.04. The first-order valence-electron chi connectivity index (χ1n) is 11.3. The van der Waals surface area contributed by atoms with Crippen molar-refractivity contribution in [1.29, 1.82) is 0 Å². The fourth-order valence-electron chi connectivity index (χ4n) is 3.04. The molecule has 0 radical (unpaired) electrons. The van der Waals surface area contributed by atoms with Crippen molar-refractivity contribution in [2.24, 2.45) is 11.5 Å². The molecule has 0 saturated heterocycles. The Bertz CT molecular complexity index is 909. The monoisotopic (exact) mass is 538 g/mol. The molecule has 2 aromatic rings. The van der Waals surface area contributed by atoms with E-state index in [1.54, 1.807) is 42.7 Å². The maximum absolute atomic E-state index is 9.55. The molecule has 0 saturated carbocycles. The fraction of sp³-hybridized carbons (Fsp3) is 0.385. The van der Waals surface area contributed by atoms with E-state index in [2.05, 4.69) is 0 Å². The van der Waals surface area contributed by atoms with Gasteiger partial charge in [-0.25, -0.2) is 9.59 Å². The summed E-state index contributed by atoms with van der Waals surface area (Å²) in [4.78, 5) is 19.1. The van der Waals surface area contributed by atoms with Crippen LogP contribution in [0.2, 0.25) is 0 Å². The van der Waals surface area contributed by atoms with Crippen LogP contribution in [-0.2, 0) is 22.4 Å². The van der Waals surface area contributed by atoms with Crippen LogP contribution in [0.4, 0.5) is 0 Å². The number of aliphatic carboxylic acids is 2. The average molecular weight is 539 g/mol. The maximum atomic E-state index is 9.55. The summed E-state index contributed by atoms with van der Waals surface area (Å²) in [5, 5.41) is 15.6. The smallest absolute Gasteiger partial charge is 0.328 e. The highest BCUT2D eigenvalue weighted by Crippen LogP contribution is 2.39. The topological polar surface area (TPSA) is 182 Å². The normalized spacial score (nSPS) is 9.79.